The number of benzene rings is 1. The third kappa shape index (κ3) is 1.49. The van der Waals surface area contributed by atoms with Crippen LogP contribution in [0, 0.1) is 6.92 Å². The highest BCUT2D eigenvalue weighted by Crippen LogP contribution is 2.29. The molecule has 0 bridgehead atoms. The zero-order chi connectivity index (χ0) is 9.97. The van der Waals surface area contributed by atoms with E-state index in [-0.39, 0.29) is 0 Å². The molecule has 2 aromatic rings. The van der Waals surface area contributed by atoms with E-state index in [1.54, 1.807) is 11.3 Å². The van der Waals surface area contributed by atoms with Gasteiger partial charge in [-0.2, -0.15) is 0 Å². The van der Waals surface area contributed by atoms with Crippen molar-refractivity contribution in [3.8, 4) is 11.1 Å². The van der Waals surface area contributed by atoms with E-state index in [4.69, 9.17) is 0 Å². The van der Waals surface area contributed by atoms with Gasteiger partial charge in [0, 0.05) is 10.4 Å². The maximum absolute atomic E-state index is 10.8. The molecule has 1 nitrogen and oxygen atoms in total. The van der Waals surface area contributed by atoms with Gasteiger partial charge in [-0.1, -0.05) is 24.3 Å². The number of rotatable bonds is 2. The number of thiophene rings is 1. The summed E-state index contributed by atoms with van der Waals surface area (Å²) < 4.78 is 0. The molecular weight excluding hydrogens is 192 g/mol. The lowest BCUT2D eigenvalue weighted by molar-refractivity contribution is 0.112. The first-order valence-corrected chi connectivity index (χ1v) is 5.29. The van der Waals surface area contributed by atoms with E-state index < -0.39 is 0 Å². The Balaban J connectivity index is 2.62. The molecule has 2 rings (SSSR count). The van der Waals surface area contributed by atoms with Crippen molar-refractivity contribution in [2.24, 2.45) is 0 Å². The molecule has 0 N–H and O–H groups in total. The van der Waals surface area contributed by atoms with E-state index in [2.05, 4.69) is 13.0 Å². The first-order valence-electron chi connectivity index (χ1n) is 4.41. The molecule has 0 aliphatic heterocycles. The van der Waals surface area contributed by atoms with Crippen LogP contribution in [-0.4, -0.2) is 6.29 Å². The zero-order valence-corrected chi connectivity index (χ0v) is 8.67. The second kappa shape index (κ2) is 3.76. The topological polar surface area (TPSA) is 17.1 Å². The fraction of sp³-hybridized carbons (Fsp3) is 0.0833. The predicted octanol–water partition coefficient (Wildman–Crippen LogP) is 3.54. The Morgan fingerprint density at radius 1 is 1.14 bits per heavy atom. The minimum Gasteiger partial charge on any atom is -0.298 e. The summed E-state index contributed by atoms with van der Waals surface area (Å²) in [5, 5.41) is 2.05. The molecule has 70 valence electrons. The molecule has 1 heterocycles. The van der Waals surface area contributed by atoms with Crippen molar-refractivity contribution in [2.45, 2.75) is 6.92 Å². The van der Waals surface area contributed by atoms with Crippen molar-refractivity contribution in [1.82, 2.24) is 0 Å². The molecule has 2 heteroatoms. The van der Waals surface area contributed by atoms with E-state index in [0.29, 0.717) is 0 Å². The summed E-state index contributed by atoms with van der Waals surface area (Å²) in [7, 11) is 0. The quantitative estimate of drug-likeness (QED) is 0.681. The van der Waals surface area contributed by atoms with Gasteiger partial charge in [0.2, 0.25) is 0 Å². The van der Waals surface area contributed by atoms with Gasteiger partial charge in [-0.15, -0.1) is 11.3 Å². The summed E-state index contributed by atoms with van der Waals surface area (Å²) in [5.74, 6) is 0. The Bertz CT molecular complexity index is 457. The number of carbonyl (C=O) groups excluding carboxylic acids is 1. The average Bonchev–Trinajstić information content (AvgIpc) is 2.64. The van der Waals surface area contributed by atoms with Crippen molar-refractivity contribution < 1.29 is 4.79 Å². The highest BCUT2D eigenvalue weighted by atomic mass is 32.1. The van der Waals surface area contributed by atoms with Gasteiger partial charge in [0.1, 0.15) is 0 Å². The molecule has 1 aromatic carbocycles. The molecule has 0 atom stereocenters. The Morgan fingerprint density at radius 3 is 2.57 bits per heavy atom. The SMILES string of the molecule is Cc1sccc1-c1ccccc1C=O. The van der Waals surface area contributed by atoms with Crippen LogP contribution in [0.2, 0.25) is 0 Å². The van der Waals surface area contributed by atoms with E-state index in [1.165, 1.54) is 4.88 Å². The molecule has 0 fully saturated rings. The average molecular weight is 202 g/mol. The van der Waals surface area contributed by atoms with Gasteiger partial charge in [0.05, 0.1) is 0 Å². The molecule has 0 aliphatic rings. The second-order valence-electron chi connectivity index (χ2n) is 3.10. The van der Waals surface area contributed by atoms with Crippen LogP contribution in [0.25, 0.3) is 11.1 Å². The van der Waals surface area contributed by atoms with Crippen LogP contribution in [0.1, 0.15) is 15.2 Å². The minimum absolute atomic E-state index is 0.758. The van der Waals surface area contributed by atoms with Crippen LogP contribution < -0.4 is 0 Å². The van der Waals surface area contributed by atoms with E-state index in [1.807, 2.05) is 29.6 Å². The molecule has 0 unspecified atom stereocenters. The summed E-state index contributed by atoms with van der Waals surface area (Å²) in [6.45, 7) is 2.07. The monoisotopic (exact) mass is 202 g/mol. The Morgan fingerprint density at radius 2 is 1.93 bits per heavy atom. The van der Waals surface area contributed by atoms with Gasteiger partial charge in [0.15, 0.2) is 6.29 Å². The summed E-state index contributed by atoms with van der Waals surface area (Å²) >= 11 is 1.70. The van der Waals surface area contributed by atoms with Gasteiger partial charge < -0.3 is 0 Å². The fourth-order valence-corrected chi connectivity index (χ4v) is 2.22. The lowest BCUT2D eigenvalue weighted by Gasteiger charge is -2.02. The smallest absolute Gasteiger partial charge is 0.150 e. The molecule has 0 saturated carbocycles. The summed E-state index contributed by atoms with van der Waals surface area (Å²) in [6, 6.07) is 9.73. The highest BCUT2D eigenvalue weighted by Gasteiger charge is 2.06. The van der Waals surface area contributed by atoms with Gasteiger partial charge >= 0.3 is 0 Å². The standard InChI is InChI=1S/C12H10OS/c1-9-11(6-7-14-9)12-5-3-2-4-10(12)8-13/h2-8H,1H3. The van der Waals surface area contributed by atoms with Crippen LogP contribution in [-0.2, 0) is 0 Å². The Hall–Kier alpha value is -1.41. The van der Waals surface area contributed by atoms with Crippen molar-refractivity contribution in [2.75, 3.05) is 0 Å². The van der Waals surface area contributed by atoms with E-state index >= 15 is 0 Å². The normalized spacial score (nSPS) is 10.1. The van der Waals surface area contributed by atoms with Crippen molar-refractivity contribution in [3.05, 3.63) is 46.2 Å². The van der Waals surface area contributed by atoms with Gasteiger partial charge in [-0.25, -0.2) is 0 Å². The molecule has 0 radical (unpaired) electrons. The van der Waals surface area contributed by atoms with Crippen LogP contribution in [0.3, 0.4) is 0 Å². The number of hydrogen-bond acceptors (Lipinski definition) is 2. The molecule has 1 aromatic heterocycles. The summed E-state index contributed by atoms with van der Waals surface area (Å²) in [5.41, 5.74) is 2.95. The largest absolute Gasteiger partial charge is 0.298 e. The molecule has 0 saturated heterocycles. The molecule has 0 amide bonds. The van der Waals surface area contributed by atoms with Gasteiger partial charge in [-0.05, 0) is 29.5 Å². The zero-order valence-electron chi connectivity index (χ0n) is 7.86. The molecule has 14 heavy (non-hydrogen) atoms. The van der Waals surface area contributed by atoms with Crippen LogP contribution in [0.5, 0.6) is 0 Å². The molecular formula is C12H10OS. The molecule has 0 spiro atoms. The minimum atomic E-state index is 0.758. The Kier molecular flexibility index (Phi) is 2.46. The maximum atomic E-state index is 10.8. The third-order valence-corrected chi connectivity index (χ3v) is 3.08. The second-order valence-corrected chi connectivity index (χ2v) is 4.22. The van der Waals surface area contributed by atoms with Crippen molar-refractivity contribution >= 4 is 17.6 Å². The predicted molar refractivity (Wildman–Crippen MR) is 59.9 cm³/mol. The van der Waals surface area contributed by atoms with E-state index in [9.17, 15) is 4.79 Å². The van der Waals surface area contributed by atoms with Crippen LogP contribution in [0.4, 0.5) is 0 Å². The van der Waals surface area contributed by atoms with Crippen molar-refractivity contribution in [1.29, 1.82) is 0 Å². The van der Waals surface area contributed by atoms with E-state index in [0.717, 1.165) is 23.0 Å². The lowest BCUT2D eigenvalue weighted by Crippen LogP contribution is -1.85. The van der Waals surface area contributed by atoms with Gasteiger partial charge in [-0.3, -0.25) is 4.79 Å². The number of carbonyl (C=O) groups is 1. The Labute approximate surface area is 87.0 Å². The molecule has 0 aliphatic carbocycles. The van der Waals surface area contributed by atoms with Crippen LogP contribution >= 0.6 is 11.3 Å². The third-order valence-electron chi connectivity index (χ3n) is 2.24. The first-order chi connectivity index (χ1) is 6.83. The lowest BCUT2D eigenvalue weighted by atomic mass is 10.0. The number of aryl methyl sites for hydroxylation is 1. The van der Waals surface area contributed by atoms with Crippen molar-refractivity contribution in [3.63, 3.8) is 0 Å². The number of hydrogen-bond donors (Lipinski definition) is 0. The fourth-order valence-electron chi connectivity index (χ4n) is 1.51. The highest BCUT2D eigenvalue weighted by molar-refractivity contribution is 7.10. The first kappa shape index (κ1) is 9.16. The summed E-state index contributed by atoms with van der Waals surface area (Å²) in [4.78, 5) is 12.1. The maximum Gasteiger partial charge on any atom is 0.150 e. The van der Waals surface area contributed by atoms with Crippen LogP contribution in [0.15, 0.2) is 35.7 Å². The number of aldehydes is 1. The van der Waals surface area contributed by atoms with Gasteiger partial charge in [0.25, 0.3) is 0 Å². The summed E-state index contributed by atoms with van der Waals surface area (Å²) in [6.07, 6.45) is 0.909.